The summed E-state index contributed by atoms with van der Waals surface area (Å²) in [5, 5.41) is 1.17. The second kappa shape index (κ2) is 4.96. The van der Waals surface area contributed by atoms with Gasteiger partial charge in [-0.1, -0.05) is 45.0 Å². The Kier molecular flexibility index (Phi) is 3.25. The first-order valence-corrected chi connectivity index (χ1v) is 7.25. The predicted octanol–water partition coefficient (Wildman–Crippen LogP) is 5.14. The lowest BCUT2D eigenvalue weighted by molar-refractivity contribution is 0.415. The van der Waals surface area contributed by atoms with Crippen LogP contribution in [-0.2, 0) is 5.41 Å². The smallest absolute Gasteiger partial charge is 0.119 e. The lowest BCUT2D eigenvalue weighted by Crippen LogP contribution is -2.10. The molecule has 2 heteroatoms. The van der Waals surface area contributed by atoms with Crippen LogP contribution in [0.25, 0.3) is 22.2 Å². The highest BCUT2D eigenvalue weighted by atomic mass is 16.5. The quantitative estimate of drug-likeness (QED) is 0.690. The molecule has 0 aliphatic carbocycles. The molecule has 0 fully saturated rings. The van der Waals surface area contributed by atoms with Gasteiger partial charge in [-0.2, -0.15) is 0 Å². The van der Waals surface area contributed by atoms with Gasteiger partial charge in [0.25, 0.3) is 0 Å². The Hall–Kier alpha value is -2.22. The van der Waals surface area contributed by atoms with Crippen molar-refractivity contribution in [2.24, 2.45) is 0 Å². The number of benzene rings is 2. The van der Waals surface area contributed by atoms with E-state index in [9.17, 15) is 0 Å². The number of hydrogen-bond acceptors (Lipinski definition) is 1. The molecule has 0 bridgehead atoms. The second-order valence-electron chi connectivity index (χ2n) is 6.46. The number of aromatic amines is 1. The van der Waals surface area contributed by atoms with E-state index in [0.717, 1.165) is 17.0 Å². The molecule has 108 valence electrons. The molecule has 0 radical (unpaired) electrons. The molecule has 1 aromatic heterocycles. The second-order valence-corrected chi connectivity index (χ2v) is 6.46. The summed E-state index contributed by atoms with van der Waals surface area (Å²) in [6.07, 6.45) is 0. The topological polar surface area (TPSA) is 25.0 Å². The van der Waals surface area contributed by atoms with Crippen molar-refractivity contribution in [3.05, 3.63) is 54.1 Å². The average molecular weight is 279 g/mol. The average Bonchev–Trinajstić information content (AvgIpc) is 2.89. The number of rotatable bonds is 2. The van der Waals surface area contributed by atoms with Crippen molar-refractivity contribution in [1.29, 1.82) is 0 Å². The molecule has 0 amide bonds. The van der Waals surface area contributed by atoms with Crippen molar-refractivity contribution in [3.8, 4) is 17.0 Å². The molecular weight excluding hydrogens is 258 g/mol. The van der Waals surface area contributed by atoms with E-state index in [2.05, 4.69) is 68.2 Å². The van der Waals surface area contributed by atoms with Crippen molar-refractivity contribution in [2.75, 3.05) is 7.11 Å². The maximum Gasteiger partial charge on any atom is 0.119 e. The Morgan fingerprint density at radius 3 is 2.24 bits per heavy atom. The zero-order chi connectivity index (χ0) is 15.0. The summed E-state index contributed by atoms with van der Waals surface area (Å²) in [5.41, 5.74) is 5.01. The van der Waals surface area contributed by atoms with Crippen molar-refractivity contribution in [3.63, 3.8) is 0 Å². The van der Waals surface area contributed by atoms with Crippen LogP contribution in [0.2, 0.25) is 0 Å². The van der Waals surface area contributed by atoms with Crippen LogP contribution >= 0.6 is 0 Å². The van der Waals surface area contributed by atoms with Gasteiger partial charge in [-0.05, 0) is 40.8 Å². The van der Waals surface area contributed by atoms with Gasteiger partial charge in [-0.3, -0.25) is 0 Å². The highest BCUT2D eigenvalue weighted by molar-refractivity contribution is 5.87. The normalized spacial score (nSPS) is 11.8. The molecule has 3 aromatic rings. The predicted molar refractivity (Wildman–Crippen MR) is 89.0 cm³/mol. The molecule has 1 heterocycles. The summed E-state index contributed by atoms with van der Waals surface area (Å²) < 4.78 is 5.28. The van der Waals surface area contributed by atoms with Crippen LogP contribution in [0.4, 0.5) is 0 Å². The SMILES string of the molecule is COc1ccc2[nH]c(-c3ccc(C(C)(C)C)cc3)cc2c1. The number of fused-ring (bicyclic) bond motifs is 1. The van der Waals surface area contributed by atoms with Gasteiger partial charge in [0, 0.05) is 16.6 Å². The van der Waals surface area contributed by atoms with E-state index in [0.29, 0.717) is 0 Å². The van der Waals surface area contributed by atoms with E-state index < -0.39 is 0 Å². The van der Waals surface area contributed by atoms with Crippen LogP contribution in [0.5, 0.6) is 5.75 Å². The zero-order valence-electron chi connectivity index (χ0n) is 13.0. The first-order valence-electron chi connectivity index (χ1n) is 7.25. The minimum absolute atomic E-state index is 0.187. The van der Waals surface area contributed by atoms with E-state index >= 15 is 0 Å². The number of H-pyrrole nitrogens is 1. The van der Waals surface area contributed by atoms with Gasteiger partial charge < -0.3 is 9.72 Å². The summed E-state index contributed by atoms with van der Waals surface area (Å²) in [6.45, 7) is 6.70. The molecule has 2 aromatic carbocycles. The number of aromatic nitrogens is 1. The summed E-state index contributed by atoms with van der Waals surface area (Å²) in [4.78, 5) is 3.47. The third-order valence-electron chi connectivity index (χ3n) is 3.89. The minimum Gasteiger partial charge on any atom is -0.497 e. The number of nitrogens with one attached hydrogen (secondary N) is 1. The van der Waals surface area contributed by atoms with Gasteiger partial charge in [-0.15, -0.1) is 0 Å². The molecule has 21 heavy (non-hydrogen) atoms. The molecule has 3 rings (SSSR count). The Morgan fingerprint density at radius 1 is 0.905 bits per heavy atom. The number of methoxy groups -OCH3 is 1. The highest BCUT2D eigenvalue weighted by Crippen LogP contribution is 2.29. The molecule has 2 nitrogen and oxygen atoms in total. The van der Waals surface area contributed by atoms with Gasteiger partial charge in [0.2, 0.25) is 0 Å². The molecule has 1 N–H and O–H groups in total. The Balaban J connectivity index is 2.00. The van der Waals surface area contributed by atoms with Gasteiger partial charge in [0.15, 0.2) is 0 Å². The Labute approximate surface area is 125 Å². The van der Waals surface area contributed by atoms with E-state index in [1.807, 2.05) is 6.07 Å². The third kappa shape index (κ3) is 2.66. The van der Waals surface area contributed by atoms with Crippen molar-refractivity contribution in [2.45, 2.75) is 26.2 Å². The van der Waals surface area contributed by atoms with Crippen LogP contribution < -0.4 is 4.74 Å². The van der Waals surface area contributed by atoms with Crippen LogP contribution in [0.1, 0.15) is 26.3 Å². The molecule has 0 atom stereocenters. The number of hydrogen-bond donors (Lipinski definition) is 1. The summed E-state index contributed by atoms with van der Waals surface area (Å²) >= 11 is 0. The van der Waals surface area contributed by atoms with Crippen LogP contribution in [0.15, 0.2) is 48.5 Å². The van der Waals surface area contributed by atoms with Crippen molar-refractivity contribution in [1.82, 2.24) is 4.98 Å². The van der Waals surface area contributed by atoms with Gasteiger partial charge in [0.05, 0.1) is 7.11 Å². The Morgan fingerprint density at radius 2 is 1.62 bits per heavy atom. The summed E-state index contributed by atoms with van der Waals surface area (Å²) in [5.74, 6) is 0.885. The van der Waals surface area contributed by atoms with Crippen LogP contribution in [0.3, 0.4) is 0 Å². The summed E-state index contributed by atoms with van der Waals surface area (Å²) in [6, 6.07) is 17.0. The van der Waals surface area contributed by atoms with Crippen LogP contribution in [0, 0.1) is 0 Å². The molecule has 0 saturated heterocycles. The first-order chi connectivity index (χ1) is 9.97. The molecule has 0 saturated carbocycles. The zero-order valence-corrected chi connectivity index (χ0v) is 13.0. The highest BCUT2D eigenvalue weighted by Gasteiger charge is 2.13. The van der Waals surface area contributed by atoms with Gasteiger partial charge >= 0.3 is 0 Å². The van der Waals surface area contributed by atoms with Gasteiger partial charge in [0.1, 0.15) is 5.75 Å². The van der Waals surface area contributed by atoms with Gasteiger partial charge in [-0.25, -0.2) is 0 Å². The molecule has 0 spiro atoms. The lowest BCUT2D eigenvalue weighted by Gasteiger charge is -2.19. The fraction of sp³-hybridized carbons (Fsp3) is 0.263. The van der Waals surface area contributed by atoms with Crippen molar-refractivity contribution >= 4 is 10.9 Å². The number of ether oxygens (including phenoxy) is 1. The fourth-order valence-corrected chi connectivity index (χ4v) is 2.54. The maximum absolute atomic E-state index is 5.28. The third-order valence-corrected chi connectivity index (χ3v) is 3.89. The first kappa shape index (κ1) is 13.7. The Bertz CT molecular complexity index is 760. The largest absolute Gasteiger partial charge is 0.497 e. The standard InChI is InChI=1S/C19H21NO/c1-19(2,3)15-7-5-13(6-8-15)18-12-14-11-16(21-4)9-10-17(14)20-18/h5-12,20H,1-4H3. The molecule has 0 aliphatic heterocycles. The molecule has 0 unspecified atom stereocenters. The summed E-state index contributed by atoms with van der Waals surface area (Å²) in [7, 11) is 1.69. The fourth-order valence-electron chi connectivity index (χ4n) is 2.54. The van der Waals surface area contributed by atoms with E-state index in [-0.39, 0.29) is 5.41 Å². The van der Waals surface area contributed by atoms with Crippen LogP contribution in [-0.4, -0.2) is 12.1 Å². The maximum atomic E-state index is 5.28. The monoisotopic (exact) mass is 279 g/mol. The van der Waals surface area contributed by atoms with Crippen molar-refractivity contribution < 1.29 is 4.74 Å². The van der Waals surface area contributed by atoms with E-state index in [1.54, 1.807) is 7.11 Å². The van der Waals surface area contributed by atoms with E-state index in [1.165, 1.54) is 16.5 Å². The molecular formula is C19H21NO. The minimum atomic E-state index is 0.187. The lowest BCUT2D eigenvalue weighted by atomic mass is 9.86. The van der Waals surface area contributed by atoms with E-state index in [4.69, 9.17) is 4.74 Å². The molecule has 0 aliphatic rings.